The predicted octanol–water partition coefficient (Wildman–Crippen LogP) is 25.2. The van der Waals surface area contributed by atoms with E-state index in [4.69, 9.17) is 4.74 Å². The van der Waals surface area contributed by atoms with Crippen LogP contribution in [0.25, 0.3) is 0 Å². The van der Waals surface area contributed by atoms with Crippen LogP contribution in [0.2, 0.25) is 0 Å². The van der Waals surface area contributed by atoms with Gasteiger partial charge in [-0.1, -0.05) is 387 Å². The van der Waals surface area contributed by atoms with Crippen LogP contribution in [0.5, 0.6) is 0 Å². The molecule has 0 aliphatic carbocycles. The minimum absolute atomic E-state index is 0.512. The SMILES string of the molecule is CCCCCCCCCCCCCCCCC(CCCCCCCCCCCCCCCC)OC(CCCCCCCCCCCCCCCC)CCCCCCCCCCCCCCCC. The predicted molar refractivity (Wildman–Crippen MR) is 308 cm³/mol. The van der Waals surface area contributed by atoms with Crippen molar-refractivity contribution in [3.63, 3.8) is 0 Å². The normalized spacial score (nSPS) is 11.9. The molecule has 0 bridgehead atoms. The highest BCUT2D eigenvalue weighted by molar-refractivity contribution is 4.68. The third kappa shape index (κ3) is 58.4. The molecular formula is C66H134O. The zero-order valence-electron chi connectivity index (χ0n) is 48.0. The van der Waals surface area contributed by atoms with Gasteiger partial charge in [0.25, 0.3) is 0 Å². The summed E-state index contributed by atoms with van der Waals surface area (Å²) in [6, 6.07) is 0. The Morgan fingerprint density at radius 1 is 0.149 bits per heavy atom. The molecule has 1 heteroatoms. The monoisotopic (exact) mass is 943 g/mol. The lowest BCUT2D eigenvalue weighted by Gasteiger charge is -2.26. The quantitative estimate of drug-likeness (QED) is 0.0552. The number of rotatable bonds is 62. The van der Waals surface area contributed by atoms with E-state index in [9.17, 15) is 0 Å². The zero-order chi connectivity index (χ0) is 48.3. The summed E-state index contributed by atoms with van der Waals surface area (Å²) in [5.41, 5.74) is 0. The molecular weight excluding hydrogens is 809 g/mol. The third-order valence-electron chi connectivity index (χ3n) is 15.9. The molecule has 0 aliphatic rings. The lowest BCUT2D eigenvalue weighted by molar-refractivity contribution is -0.0324. The van der Waals surface area contributed by atoms with Gasteiger partial charge in [-0.05, 0) is 25.7 Å². The molecule has 0 radical (unpaired) electrons. The van der Waals surface area contributed by atoms with Gasteiger partial charge in [-0.25, -0.2) is 0 Å². The summed E-state index contributed by atoms with van der Waals surface area (Å²) in [5, 5.41) is 0. The van der Waals surface area contributed by atoms with Crippen molar-refractivity contribution in [2.75, 3.05) is 0 Å². The van der Waals surface area contributed by atoms with Crippen molar-refractivity contribution in [1.29, 1.82) is 0 Å². The topological polar surface area (TPSA) is 9.23 Å². The van der Waals surface area contributed by atoms with Crippen LogP contribution in [0, 0.1) is 0 Å². The van der Waals surface area contributed by atoms with Crippen molar-refractivity contribution in [3.8, 4) is 0 Å². The Kier molecular flexibility index (Phi) is 62.0. The zero-order valence-corrected chi connectivity index (χ0v) is 48.0. The summed E-state index contributed by atoms with van der Waals surface area (Å²) < 4.78 is 7.30. The first-order valence-electron chi connectivity index (χ1n) is 32.9. The number of ether oxygens (including phenoxy) is 1. The minimum Gasteiger partial charge on any atom is -0.375 e. The van der Waals surface area contributed by atoms with Crippen LogP contribution < -0.4 is 0 Å². The van der Waals surface area contributed by atoms with Gasteiger partial charge in [0.2, 0.25) is 0 Å². The van der Waals surface area contributed by atoms with Gasteiger partial charge in [-0.3, -0.25) is 0 Å². The summed E-state index contributed by atoms with van der Waals surface area (Å²) in [5.74, 6) is 0. The Morgan fingerprint density at radius 2 is 0.254 bits per heavy atom. The fourth-order valence-electron chi connectivity index (χ4n) is 11.1. The van der Waals surface area contributed by atoms with E-state index in [0.717, 1.165) is 0 Å². The standard InChI is InChI=1S/C66H134O/c1-5-9-13-17-21-25-29-33-37-41-45-49-53-57-61-65(62-58-54-50-46-42-38-34-30-26-22-18-14-10-6-2)67-66(63-59-55-51-47-43-39-35-31-27-23-19-15-11-7-3)64-60-56-52-48-44-40-36-32-28-24-20-16-12-8-4/h65-66H,5-64H2,1-4H3. The lowest BCUT2D eigenvalue weighted by Crippen LogP contribution is -2.23. The van der Waals surface area contributed by atoms with Gasteiger partial charge < -0.3 is 4.74 Å². The molecule has 67 heavy (non-hydrogen) atoms. The fraction of sp³-hybridized carbons (Fsp3) is 1.00. The fourth-order valence-corrected chi connectivity index (χ4v) is 11.1. The second kappa shape index (κ2) is 62.1. The van der Waals surface area contributed by atoms with Crippen LogP contribution in [-0.2, 0) is 4.74 Å². The summed E-state index contributed by atoms with van der Waals surface area (Å²) in [6.07, 6.45) is 87.6. The largest absolute Gasteiger partial charge is 0.375 e. The Hall–Kier alpha value is -0.0400. The molecule has 0 fully saturated rings. The summed E-state index contributed by atoms with van der Waals surface area (Å²) >= 11 is 0. The first-order valence-corrected chi connectivity index (χ1v) is 32.9. The maximum absolute atomic E-state index is 7.30. The first kappa shape index (κ1) is 67.0. The maximum atomic E-state index is 7.30. The molecule has 0 aliphatic heterocycles. The molecule has 0 amide bonds. The maximum Gasteiger partial charge on any atom is 0.0578 e. The van der Waals surface area contributed by atoms with E-state index >= 15 is 0 Å². The molecule has 0 aromatic carbocycles. The molecule has 0 atom stereocenters. The highest BCUT2D eigenvalue weighted by Crippen LogP contribution is 2.25. The Morgan fingerprint density at radius 3 is 0.373 bits per heavy atom. The summed E-state index contributed by atoms with van der Waals surface area (Å²) in [6.45, 7) is 9.31. The number of hydrogen-bond donors (Lipinski definition) is 0. The number of hydrogen-bond acceptors (Lipinski definition) is 1. The Labute approximate surface area is 428 Å². The van der Waals surface area contributed by atoms with Gasteiger partial charge in [0.1, 0.15) is 0 Å². The van der Waals surface area contributed by atoms with E-state index in [2.05, 4.69) is 27.7 Å². The number of unbranched alkanes of at least 4 members (excludes halogenated alkanes) is 52. The Bertz CT molecular complexity index is 690. The van der Waals surface area contributed by atoms with Crippen molar-refractivity contribution >= 4 is 0 Å². The van der Waals surface area contributed by atoms with Crippen LogP contribution >= 0.6 is 0 Å². The van der Waals surface area contributed by atoms with Gasteiger partial charge in [0, 0.05) is 0 Å². The Balaban J connectivity index is 4.84. The van der Waals surface area contributed by atoms with Crippen LogP contribution in [0.1, 0.15) is 413 Å². The molecule has 0 heterocycles. The van der Waals surface area contributed by atoms with E-state index in [-0.39, 0.29) is 0 Å². The molecule has 0 saturated carbocycles. The smallest absolute Gasteiger partial charge is 0.0578 e. The molecule has 0 aromatic rings. The molecule has 404 valence electrons. The van der Waals surface area contributed by atoms with Gasteiger partial charge in [-0.15, -0.1) is 0 Å². The summed E-state index contributed by atoms with van der Waals surface area (Å²) in [4.78, 5) is 0. The van der Waals surface area contributed by atoms with Crippen LogP contribution in [0.4, 0.5) is 0 Å². The van der Waals surface area contributed by atoms with Gasteiger partial charge in [0.05, 0.1) is 12.2 Å². The average molecular weight is 944 g/mol. The molecule has 0 saturated heterocycles. The van der Waals surface area contributed by atoms with Gasteiger partial charge in [-0.2, -0.15) is 0 Å². The van der Waals surface area contributed by atoms with Crippen molar-refractivity contribution in [3.05, 3.63) is 0 Å². The van der Waals surface area contributed by atoms with Crippen LogP contribution in [0.3, 0.4) is 0 Å². The average Bonchev–Trinajstić information content (AvgIpc) is 3.34. The molecule has 0 rings (SSSR count). The molecule has 0 aromatic heterocycles. The van der Waals surface area contributed by atoms with Gasteiger partial charge in [0.15, 0.2) is 0 Å². The molecule has 1 nitrogen and oxygen atoms in total. The highest BCUT2D eigenvalue weighted by Gasteiger charge is 2.17. The minimum atomic E-state index is 0.512. The first-order chi connectivity index (χ1) is 33.3. The van der Waals surface area contributed by atoms with Crippen molar-refractivity contribution in [1.82, 2.24) is 0 Å². The highest BCUT2D eigenvalue weighted by atomic mass is 16.5. The second-order valence-corrected chi connectivity index (χ2v) is 22.9. The van der Waals surface area contributed by atoms with E-state index in [1.807, 2.05) is 0 Å². The van der Waals surface area contributed by atoms with E-state index < -0.39 is 0 Å². The molecule has 0 spiro atoms. The molecule has 0 unspecified atom stereocenters. The van der Waals surface area contributed by atoms with E-state index in [1.165, 1.54) is 385 Å². The van der Waals surface area contributed by atoms with Crippen molar-refractivity contribution in [2.45, 2.75) is 425 Å². The van der Waals surface area contributed by atoms with E-state index in [1.54, 1.807) is 0 Å². The van der Waals surface area contributed by atoms with Crippen molar-refractivity contribution in [2.24, 2.45) is 0 Å². The summed E-state index contributed by atoms with van der Waals surface area (Å²) in [7, 11) is 0. The van der Waals surface area contributed by atoms with Crippen LogP contribution in [0.15, 0.2) is 0 Å². The second-order valence-electron chi connectivity index (χ2n) is 22.9. The van der Waals surface area contributed by atoms with Crippen LogP contribution in [-0.4, -0.2) is 12.2 Å². The van der Waals surface area contributed by atoms with Crippen molar-refractivity contribution < 1.29 is 4.74 Å². The molecule has 0 N–H and O–H groups in total. The third-order valence-corrected chi connectivity index (χ3v) is 15.9. The van der Waals surface area contributed by atoms with Gasteiger partial charge >= 0.3 is 0 Å². The van der Waals surface area contributed by atoms with E-state index in [0.29, 0.717) is 12.2 Å². The lowest BCUT2D eigenvalue weighted by atomic mass is 9.99.